The molecule has 3 aromatic rings. The van der Waals surface area contributed by atoms with Crippen molar-refractivity contribution >= 4 is 17.1 Å². The van der Waals surface area contributed by atoms with Gasteiger partial charge in [-0.2, -0.15) is 5.10 Å². The van der Waals surface area contributed by atoms with Crippen LogP contribution in [0.2, 0.25) is 0 Å². The Labute approximate surface area is 207 Å². The topological polar surface area (TPSA) is 88.8 Å². The summed E-state index contributed by atoms with van der Waals surface area (Å²) in [6.07, 6.45) is 6.11. The second kappa shape index (κ2) is 8.95. The predicted molar refractivity (Wildman–Crippen MR) is 138 cm³/mol. The molecule has 0 bridgehead atoms. The van der Waals surface area contributed by atoms with Gasteiger partial charge in [-0.05, 0) is 56.1 Å². The van der Waals surface area contributed by atoms with Crippen LogP contribution in [-0.2, 0) is 13.6 Å². The third-order valence-electron chi connectivity index (χ3n) is 7.47. The highest BCUT2D eigenvalue weighted by Crippen LogP contribution is 2.45. The van der Waals surface area contributed by atoms with Crippen LogP contribution in [0.4, 0.5) is 0 Å². The Kier molecular flexibility index (Phi) is 6.45. The van der Waals surface area contributed by atoms with Crippen LogP contribution < -0.4 is 5.69 Å². The van der Waals surface area contributed by atoms with E-state index < -0.39 is 0 Å². The van der Waals surface area contributed by atoms with Crippen molar-refractivity contribution in [1.82, 2.24) is 29.2 Å². The number of hydrogen-bond donors (Lipinski definition) is 1. The molecule has 1 fully saturated rings. The molecule has 1 aliphatic carbocycles. The van der Waals surface area contributed by atoms with E-state index in [2.05, 4.69) is 70.8 Å². The van der Waals surface area contributed by atoms with Crippen LogP contribution in [-0.4, -0.2) is 47.2 Å². The van der Waals surface area contributed by atoms with Gasteiger partial charge < -0.3 is 4.90 Å². The average Bonchev–Trinajstić information content (AvgIpc) is 3.38. The molecular formula is C27H40N6O2. The Balaban J connectivity index is 1.69. The van der Waals surface area contributed by atoms with Gasteiger partial charge in [0.05, 0.1) is 17.3 Å². The Morgan fingerprint density at radius 3 is 2.60 bits per heavy atom. The van der Waals surface area contributed by atoms with Gasteiger partial charge in [0, 0.05) is 43.5 Å². The van der Waals surface area contributed by atoms with E-state index in [4.69, 9.17) is 4.98 Å². The smallest absolute Gasteiger partial charge is 0.330 e. The summed E-state index contributed by atoms with van der Waals surface area (Å²) in [5, 5.41) is 6.75. The SMILES string of the molecule is CC(C)N(C(=O)c1cn[nH]c1)C1CC(c2ccc3c(n2)n(C)c(=O)n3CC(C)(C)C)CCC1(C)C. The summed E-state index contributed by atoms with van der Waals surface area (Å²) in [4.78, 5) is 33.5. The van der Waals surface area contributed by atoms with Crippen LogP contribution >= 0.6 is 0 Å². The minimum Gasteiger partial charge on any atom is -0.333 e. The van der Waals surface area contributed by atoms with Gasteiger partial charge in [0.2, 0.25) is 0 Å². The zero-order valence-corrected chi connectivity index (χ0v) is 22.4. The highest BCUT2D eigenvalue weighted by Gasteiger charge is 2.43. The average molecular weight is 481 g/mol. The fraction of sp³-hybridized carbons (Fsp3) is 0.630. The zero-order valence-electron chi connectivity index (χ0n) is 22.4. The van der Waals surface area contributed by atoms with Crippen molar-refractivity contribution in [1.29, 1.82) is 0 Å². The van der Waals surface area contributed by atoms with Crippen LogP contribution in [0, 0.1) is 10.8 Å². The van der Waals surface area contributed by atoms with Gasteiger partial charge in [0.15, 0.2) is 5.65 Å². The summed E-state index contributed by atoms with van der Waals surface area (Å²) in [5.41, 5.74) is 3.14. The fourth-order valence-electron chi connectivity index (χ4n) is 5.57. The lowest BCUT2D eigenvalue weighted by molar-refractivity contribution is 0.0178. The largest absolute Gasteiger partial charge is 0.333 e. The van der Waals surface area contributed by atoms with Gasteiger partial charge in [-0.3, -0.25) is 19.0 Å². The number of carbonyl (C=O) groups is 1. The van der Waals surface area contributed by atoms with Crippen molar-refractivity contribution in [3.8, 4) is 0 Å². The van der Waals surface area contributed by atoms with Gasteiger partial charge in [-0.15, -0.1) is 0 Å². The molecule has 3 heterocycles. The summed E-state index contributed by atoms with van der Waals surface area (Å²) in [6.45, 7) is 15.7. The quantitative estimate of drug-likeness (QED) is 0.572. The molecule has 1 N–H and O–H groups in total. The summed E-state index contributed by atoms with van der Waals surface area (Å²) in [7, 11) is 1.80. The molecule has 1 amide bonds. The normalized spacial score (nSPS) is 20.5. The maximum absolute atomic E-state index is 13.5. The van der Waals surface area contributed by atoms with E-state index in [9.17, 15) is 9.59 Å². The number of nitrogens with zero attached hydrogens (tertiary/aromatic N) is 5. The van der Waals surface area contributed by atoms with E-state index in [1.165, 1.54) is 0 Å². The van der Waals surface area contributed by atoms with Crippen LogP contribution in [0.5, 0.6) is 0 Å². The highest BCUT2D eigenvalue weighted by atomic mass is 16.2. The van der Waals surface area contributed by atoms with Crippen LogP contribution in [0.15, 0.2) is 29.3 Å². The molecule has 0 radical (unpaired) electrons. The van der Waals surface area contributed by atoms with Gasteiger partial charge in [0.25, 0.3) is 5.91 Å². The number of aromatic amines is 1. The molecular weight excluding hydrogens is 440 g/mol. The molecule has 0 aromatic carbocycles. The molecule has 0 aliphatic heterocycles. The van der Waals surface area contributed by atoms with Crippen molar-refractivity contribution in [3.05, 3.63) is 46.3 Å². The molecule has 8 heteroatoms. The summed E-state index contributed by atoms with van der Waals surface area (Å²) in [5.74, 6) is 0.231. The number of hydrogen-bond acceptors (Lipinski definition) is 4. The molecule has 2 unspecified atom stereocenters. The van der Waals surface area contributed by atoms with Gasteiger partial charge in [0.1, 0.15) is 0 Å². The molecule has 2 atom stereocenters. The third kappa shape index (κ3) is 4.80. The first-order valence-electron chi connectivity index (χ1n) is 12.7. The third-order valence-corrected chi connectivity index (χ3v) is 7.47. The van der Waals surface area contributed by atoms with Crippen molar-refractivity contribution in [2.24, 2.45) is 17.9 Å². The number of nitrogens with one attached hydrogen (secondary N) is 1. The Hall–Kier alpha value is -2.90. The van der Waals surface area contributed by atoms with Crippen molar-refractivity contribution < 1.29 is 4.79 Å². The van der Waals surface area contributed by atoms with Gasteiger partial charge in [-0.1, -0.05) is 34.6 Å². The van der Waals surface area contributed by atoms with Gasteiger partial charge in [-0.25, -0.2) is 9.78 Å². The minimum atomic E-state index is -0.0288. The zero-order chi connectivity index (χ0) is 25.7. The summed E-state index contributed by atoms with van der Waals surface area (Å²) >= 11 is 0. The molecule has 4 rings (SSSR count). The van der Waals surface area contributed by atoms with Gasteiger partial charge >= 0.3 is 5.69 Å². The Morgan fingerprint density at radius 1 is 1.29 bits per heavy atom. The second-order valence-electron chi connectivity index (χ2n) is 12.3. The molecule has 3 aromatic heterocycles. The van der Waals surface area contributed by atoms with E-state index >= 15 is 0 Å². The molecule has 0 saturated heterocycles. The number of imidazole rings is 1. The minimum absolute atomic E-state index is 0.0116. The summed E-state index contributed by atoms with van der Waals surface area (Å²) in [6, 6.07) is 4.26. The molecule has 1 saturated carbocycles. The number of pyridine rings is 1. The standard InChI is InChI=1S/C27H40N6O2/c1-17(2)33(24(34)19-14-28-29-15-19)22-13-18(11-12-27(22,6)7)20-9-10-21-23(30-20)31(8)25(35)32(21)16-26(3,4)5/h9-10,14-15,17-18,22H,11-13,16H2,1-8H3,(H,28,29). The lowest BCUT2D eigenvalue weighted by atomic mass is 9.67. The van der Waals surface area contributed by atoms with E-state index in [-0.39, 0.29) is 40.4 Å². The number of aryl methyl sites for hydroxylation is 1. The highest BCUT2D eigenvalue weighted by molar-refractivity contribution is 5.94. The maximum atomic E-state index is 13.5. The Morgan fingerprint density at radius 2 is 2.00 bits per heavy atom. The number of amides is 1. The van der Waals surface area contributed by atoms with E-state index in [0.717, 1.165) is 36.1 Å². The number of carbonyl (C=O) groups excluding carboxylic acids is 1. The predicted octanol–water partition coefficient (Wildman–Crippen LogP) is 4.72. The summed E-state index contributed by atoms with van der Waals surface area (Å²) < 4.78 is 3.50. The number of fused-ring (bicyclic) bond motifs is 1. The van der Waals surface area contributed by atoms with E-state index in [1.54, 1.807) is 24.0 Å². The lowest BCUT2D eigenvalue weighted by Crippen LogP contribution is -2.53. The van der Waals surface area contributed by atoms with Crippen molar-refractivity contribution in [2.75, 3.05) is 0 Å². The molecule has 0 spiro atoms. The lowest BCUT2D eigenvalue weighted by Gasteiger charge is -2.49. The number of aromatic nitrogens is 5. The first-order valence-corrected chi connectivity index (χ1v) is 12.7. The van der Waals surface area contributed by atoms with Crippen LogP contribution in [0.1, 0.15) is 89.7 Å². The van der Waals surface area contributed by atoms with Crippen molar-refractivity contribution in [2.45, 2.75) is 92.3 Å². The first kappa shape index (κ1) is 25.2. The monoisotopic (exact) mass is 480 g/mol. The van der Waals surface area contributed by atoms with Crippen LogP contribution in [0.3, 0.4) is 0 Å². The molecule has 8 nitrogen and oxygen atoms in total. The van der Waals surface area contributed by atoms with Crippen molar-refractivity contribution in [3.63, 3.8) is 0 Å². The van der Waals surface area contributed by atoms with Crippen LogP contribution in [0.25, 0.3) is 11.2 Å². The van der Waals surface area contributed by atoms with E-state index in [0.29, 0.717) is 12.1 Å². The molecule has 1 aliphatic rings. The van der Waals surface area contributed by atoms with E-state index in [1.807, 2.05) is 9.47 Å². The first-order chi connectivity index (χ1) is 16.3. The molecule has 190 valence electrons. The number of H-pyrrole nitrogens is 1. The fourth-order valence-corrected chi connectivity index (χ4v) is 5.57. The second-order valence-corrected chi connectivity index (χ2v) is 12.3. The number of rotatable bonds is 5. The Bertz CT molecular complexity index is 1260. The maximum Gasteiger partial charge on any atom is 0.330 e. The molecule has 35 heavy (non-hydrogen) atoms.